The Morgan fingerprint density at radius 3 is 2.74 bits per heavy atom. The van der Waals surface area contributed by atoms with Gasteiger partial charge in [0.25, 0.3) is 6.43 Å². The molecule has 1 aromatic heterocycles. The second-order valence-electron chi connectivity index (χ2n) is 4.39. The van der Waals surface area contributed by atoms with Gasteiger partial charge in [-0.15, -0.1) is 0 Å². The van der Waals surface area contributed by atoms with Gasteiger partial charge in [-0.05, 0) is 20.3 Å². The van der Waals surface area contributed by atoms with E-state index in [1.807, 2.05) is 13.8 Å². The van der Waals surface area contributed by atoms with Crippen LogP contribution in [-0.4, -0.2) is 29.4 Å². The normalized spacial score (nSPS) is 13.5. The smallest absolute Gasteiger partial charge is 0.261 e. The van der Waals surface area contributed by atoms with E-state index in [1.165, 1.54) is 0 Å². The lowest BCUT2D eigenvalue weighted by Gasteiger charge is -2.20. The molecule has 1 atom stereocenters. The third kappa shape index (κ3) is 4.68. The van der Waals surface area contributed by atoms with Crippen LogP contribution in [0.1, 0.15) is 38.0 Å². The van der Waals surface area contributed by atoms with E-state index in [1.54, 1.807) is 10.9 Å². The fraction of sp³-hybridized carbons (Fsp3) is 0.727. The van der Waals surface area contributed by atoms with Gasteiger partial charge in [-0.25, -0.2) is 8.78 Å². The summed E-state index contributed by atoms with van der Waals surface area (Å²) in [5, 5.41) is 4.66. The van der Waals surface area contributed by atoms with Crippen LogP contribution in [0.5, 0.6) is 0 Å². The number of nitrogens with zero attached hydrogens (tertiary/aromatic N) is 2. The molecule has 19 heavy (non-hydrogen) atoms. The first-order valence-electron chi connectivity index (χ1n) is 6.02. The maximum absolute atomic E-state index is 11.9. The van der Waals surface area contributed by atoms with Gasteiger partial charge < -0.3 is 4.74 Å². The molecule has 0 aliphatic carbocycles. The van der Waals surface area contributed by atoms with Gasteiger partial charge in [0.1, 0.15) is 6.61 Å². The molecule has 0 aliphatic rings. The molecule has 0 radical (unpaired) electrons. The Kier molecular flexibility index (Phi) is 6.64. The first kappa shape index (κ1) is 16.3. The lowest BCUT2D eigenvalue weighted by Crippen LogP contribution is -2.31. The molecule has 0 aliphatic heterocycles. The van der Waals surface area contributed by atoms with Crippen LogP contribution in [0.2, 0.25) is 5.02 Å². The molecule has 110 valence electrons. The maximum Gasteiger partial charge on any atom is 0.261 e. The summed E-state index contributed by atoms with van der Waals surface area (Å²) >= 11 is 6.09. The number of hydrogen-bond acceptors (Lipinski definition) is 4. The lowest BCUT2D eigenvalue weighted by atomic mass is 10.1. The van der Waals surface area contributed by atoms with Crippen molar-refractivity contribution in [2.24, 2.45) is 5.84 Å². The SMILES string of the molecule is CC(C)n1ncc(Cl)c1C(CCOCC(F)F)NN. The highest BCUT2D eigenvalue weighted by Crippen LogP contribution is 2.27. The van der Waals surface area contributed by atoms with Crippen LogP contribution in [0.25, 0.3) is 0 Å². The maximum atomic E-state index is 11.9. The third-order valence-corrected chi connectivity index (χ3v) is 2.89. The Bertz CT molecular complexity index is 387. The number of hydrazine groups is 1. The van der Waals surface area contributed by atoms with Crippen molar-refractivity contribution in [2.45, 2.75) is 38.8 Å². The van der Waals surface area contributed by atoms with Crippen LogP contribution in [0.3, 0.4) is 0 Å². The molecule has 0 bridgehead atoms. The quantitative estimate of drug-likeness (QED) is 0.439. The number of hydrogen-bond donors (Lipinski definition) is 2. The zero-order valence-corrected chi connectivity index (χ0v) is 11.7. The van der Waals surface area contributed by atoms with Crippen LogP contribution in [0.15, 0.2) is 6.20 Å². The van der Waals surface area contributed by atoms with Crippen molar-refractivity contribution in [3.63, 3.8) is 0 Å². The van der Waals surface area contributed by atoms with Gasteiger partial charge in [0.05, 0.1) is 23.0 Å². The number of nitrogens with one attached hydrogen (secondary N) is 1. The monoisotopic (exact) mass is 296 g/mol. The molecule has 8 heteroatoms. The fourth-order valence-electron chi connectivity index (χ4n) is 1.76. The van der Waals surface area contributed by atoms with Crippen LogP contribution in [-0.2, 0) is 4.74 Å². The Labute approximate surface area is 116 Å². The van der Waals surface area contributed by atoms with Crippen molar-refractivity contribution < 1.29 is 13.5 Å². The highest BCUT2D eigenvalue weighted by atomic mass is 35.5. The standard InChI is InChI=1S/C11H19ClF2N4O/c1-7(2)18-11(8(12)5-16-18)9(17-15)3-4-19-6-10(13)14/h5,7,9-10,17H,3-4,6,15H2,1-2H3. The summed E-state index contributed by atoms with van der Waals surface area (Å²) < 4.78 is 30.5. The summed E-state index contributed by atoms with van der Waals surface area (Å²) in [4.78, 5) is 0. The number of alkyl halides is 2. The van der Waals surface area contributed by atoms with E-state index in [4.69, 9.17) is 22.2 Å². The topological polar surface area (TPSA) is 65.1 Å². The zero-order chi connectivity index (χ0) is 14.4. The summed E-state index contributed by atoms with van der Waals surface area (Å²) in [6.45, 7) is 3.52. The fourth-order valence-corrected chi connectivity index (χ4v) is 2.02. The number of halogens is 3. The van der Waals surface area contributed by atoms with E-state index < -0.39 is 13.0 Å². The molecule has 0 aromatic carbocycles. The summed E-state index contributed by atoms with van der Waals surface area (Å²) in [6, 6.07) is -0.171. The molecule has 1 aromatic rings. The lowest BCUT2D eigenvalue weighted by molar-refractivity contribution is 0.0141. The summed E-state index contributed by atoms with van der Waals surface area (Å²) in [5.41, 5.74) is 3.35. The number of aromatic nitrogens is 2. The third-order valence-electron chi connectivity index (χ3n) is 2.60. The molecular weight excluding hydrogens is 278 g/mol. The molecule has 0 spiro atoms. The highest BCUT2D eigenvalue weighted by molar-refractivity contribution is 6.31. The van der Waals surface area contributed by atoms with Gasteiger partial charge in [0.15, 0.2) is 0 Å². The van der Waals surface area contributed by atoms with Crippen LogP contribution in [0, 0.1) is 0 Å². The Morgan fingerprint density at radius 2 is 2.21 bits per heavy atom. The minimum Gasteiger partial charge on any atom is -0.375 e. The number of nitrogens with two attached hydrogens (primary N) is 1. The molecule has 3 N–H and O–H groups in total. The van der Waals surface area contributed by atoms with Crippen LogP contribution >= 0.6 is 11.6 Å². The molecule has 1 heterocycles. The molecule has 0 amide bonds. The van der Waals surface area contributed by atoms with E-state index in [9.17, 15) is 8.78 Å². The largest absolute Gasteiger partial charge is 0.375 e. The minimum atomic E-state index is -2.46. The number of rotatable bonds is 8. The Hall–Kier alpha value is -0.760. The van der Waals surface area contributed by atoms with E-state index in [0.29, 0.717) is 11.4 Å². The van der Waals surface area contributed by atoms with Crippen molar-refractivity contribution in [2.75, 3.05) is 13.2 Å². The predicted molar refractivity (Wildman–Crippen MR) is 69.1 cm³/mol. The summed E-state index contributed by atoms with van der Waals surface area (Å²) in [6.07, 6.45) is -0.489. The van der Waals surface area contributed by atoms with Gasteiger partial charge in [0.2, 0.25) is 0 Å². The van der Waals surface area contributed by atoms with Gasteiger partial charge >= 0.3 is 0 Å². The van der Waals surface area contributed by atoms with Gasteiger partial charge in [-0.2, -0.15) is 5.10 Å². The minimum absolute atomic E-state index is 0.125. The van der Waals surface area contributed by atoms with E-state index in [0.717, 1.165) is 5.69 Å². The van der Waals surface area contributed by atoms with Gasteiger partial charge in [-0.3, -0.25) is 16.0 Å². The van der Waals surface area contributed by atoms with Crippen molar-refractivity contribution in [3.05, 3.63) is 16.9 Å². The predicted octanol–water partition coefficient (Wildman–Crippen LogP) is 2.29. The number of ether oxygens (including phenoxy) is 1. The first-order valence-corrected chi connectivity index (χ1v) is 6.40. The second kappa shape index (κ2) is 7.74. The average Bonchev–Trinajstić information content (AvgIpc) is 2.71. The van der Waals surface area contributed by atoms with Crippen LogP contribution < -0.4 is 11.3 Å². The molecule has 1 rings (SSSR count). The second-order valence-corrected chi connectivity index (χ2v) is 4.80. The molecule has 0 saturated heterocycles. The average molecular weight is 297 g/mol. The van der Waals surface area contributed by atoms with Crippen molar-refractivity contribution in [3.8, 4) is 0 Å². The zero-order valence-electron chi connectivity index (χ0n) is 10.9. The first-order chi connectivity index (χ1) is 8.97. The van der Waals surface area contributed by atoms with Gasteiger partial charge in [0, 0.05) is 12.6 Å². The molecule has 1 unspecified atom stereocenters. The molecular formula is C11H19ClF2N4O. The van der Waals surface area contributed by atoms with Crippen molar-refractivity contribution in [1.29, 1.82) is 0 Å². The van der Waals surface area contributed by atoms with Gasteiger partial charge in [-0.1, -0.05) is 11.6 Å². The van der Waals surface area contributed by atoms with E-state index in [2.05, 4.69) is 10.5 Å². The molecule has 5 nitrogen and oxygen atoms in total. The summed E-state index contributed by atoms with van der Waals surface area (Å²) in [5.74, 6) is 5.49. The van der Waals surface area contributed by atoms with Crippen molar-refractivity contribution >= 4 is 11.6 Å². The summed E-state index contributed by atoms with van der Waals surface area (Å²) in [7, 11) is 0. The highest BCUT2D eigenvalue weighted by Gasteiger charge is 2.20. The Balaban J connectivity index is 2.66. The van der Waals surface area contributed by atoms with Crippen molar-refractivity contribution in [1.82, 2.24) is 15.2 Å². The molecule has 0 saturated carbocycles. The Morgan fingerprint density at radius 1 is 1.53 bits per heavy atom. The van der Waals surface area contributed by atoms with Crippen LogP contribution in [0.4, 0.5) is 8.78 Å². The van der Waals surface area contributed by atoms with E-state index >= 15 is 0 Å². The van der Waals surface area contributed by atoms with E-state index in [-0.39, 0.29) is 18.7 Å². The molecule has 0 fully saturated rings.